The zero-order valence-corrected chi connectivity index (χ0v) is 32.2. The van der Waals surface area contributed by atoms with Gasteiger partial charge >= 0.3 is 6.01 Å². The van der Waals surface area contributed by atoms with Gasteiger partial charge in [0.1, 0.15) is 31.7 Å². The fraction of sp³-hybridized carbons (Fsp3) is 0.548. The Balaban J connectivity index is 1.25. The molecule has 2 aromatic carbocycles. The Hall–Kier alpha value is -3.58. The van der Waals surface area contributed by atoms with Crippen molar-refractivity contribution in [1.29, 1.82) is 0 Å². The second-order valence-electron chi connectivity index (χ2n) is 16.6. The number of piperazine rings is 1. The third-order valence-electron chi connectivity index (χ3n) is 12.9. The normalized spacial score (nSPS) is 21.6. The molecule has 4 aromatic rings. The molecule has 2 atom stereocenters. The maximum Gasteiger partial charge on any atom is 0.319 e. The van der Waals surface area contributed by atoms with E-state index in [1.54, 1.807) is 6.20 Å². The number of ether oxygens (including phenoxy) is 1. The van der Waals surface area contributed by atoms with Crippen LogP contribution in [0.25, 0.3) is 32.9 Å². The number of halogens is 1. The standard InChI is InChI=1S/C42H53FN6OSi/c1-27(2)51(28(3)4,29(5)6)22-17-31-12-7-11-30-13-8-14-34(36(30)31)38-37(43)39-35(23-44-38)40(48-24-32-15-16-33(25-48)45-32)47-41(46-39)50-26-42-18-9-20-49(42)21-10-19-42/h7-8,11-14,23,27-29,32-33,45H,9-10,15-16,18-21,24-26H2,1-6H3/t32-,33+. The molecule has 0 amide bonds. The molecule has 0 spiro atoms. The van der Waals surface area contributed by atoms with E-state index in [0.29, 0.717) is 40.7 Å². The van der Waals surface area contributed by atoms with Crippen LogP contribution in [0.5, 0.6) is 6.01 Å². The van der Waals surface area contributed by atoms with Gasteiger partial charge in [-0.15, -0.1) is 5.54 Å². The van der Waals surface area contributed by atoms with Gasteiger partial charge in [-0.1, -0.05) is 77.8 Å². The highest BCUT2D eigenvalue weighted by atomic mass is 28.3. The lowest BCUT2D eigenvalue weighted by Crippen LogP contribution is -2.51. The fourth-order valence-electron chi connectivity index (χ4n) is 10.4. The van der Waals surface area contributed by atoms with E-state index in [4.69, 9.17) is 19.7 Å². The number of rotatable bonds is 8. The summed E-state index contributed by atoms with van der Waals surface area (Å²) in [5.74, 6) is 3.96. The Kier molecular flexibility index (Phi) is 9.09. The predicted molar refractivity (Wildman–Crippen MR) is 209 cm³/mol. The quantitative estimate of drug-likeness (QED) is 0.146. The third-order valence-corrected chi connectivity index (χ3v) is 19.2. The Bertz CT molecular complexity index is 1970. The first-order valence-corrected chi connectivity index (χ1v) is 21.6. The number of benzene rings is 2. The minimum absolute atomic E-state index is 0.0378. The number of fused-ring (bicyclic) bond motifs is 5. The minimum Gasteiger partial charge on any atom is -0.461 e. The average Bonchev–Trinajstić information content (AvgIpc) is 3.80. The number of pyridine rings is 1. The van der Waals surface area contributed by atoms with Gasteiger partial charge in [-0.3, -0.25) is 9.88 Å². The monoisotopic (exact) mass is 704 g/mol. The van der Waals surface area contributed by atoms with Crippen molar-refractivity contribution in [2.24, 2.45) is 0 Å². The van der Waals surface area contributed by atoms with Crippen molar-refractivity contribution in [3.8, 4) is 28.7 Å². The van der Waals surface area contributed by atoms with E-state index in [2.05, 4.69) is 92.4 Å². The average molecular weight is 705 g/mol. The van der Waals surface area contributed by atoms with Crippen LogP contribution in [0.3, 0.4) is 0 Å². The van der Waals surface area contributed by atoms with Crippen LogP contribution in [0, 0.1) is 17.3 Å². The highest BCUT2D eigenvalue weighted by Gasteiger charge is 2.45. The highest BCUT2D eigenvalue weighted by Crippen LogP contribution is 2.42. The van der Waals surface area contributed by atoms with Crippen molar-refractivity contribution < 1.29 is 9.13 Å². The first-order valence-electron chi connectivity index (χ1n) is 19.4. The van der Waals surface area contributed by atoms with Crippen LogP contribution < -0.4 is 15.0 Å². The second kappa shape index (κ2) is 13.4. The van der Waals surface area contributed by atoms with Crippen LogP contribution in [0.2, 0.25) is 16.6 Å². The number of anilines is 1. The van der Waals surface area contributed by atoms with Gasteiger partial charge in [0.05, 0.1) is 10.9 Å². The Morgan fingerprint density at radius 3 is 2.27 bits per heavy atom. The van der Waals surface area contributed by atoms with Crippen molar-refractivity contribution in [2.45, 2.75) is 114 Å². The molecule has 268 valence electrons. The molecule has 7 nitrogen and oxygen atoms in total. The molecule has 0 unspecified atom stereocenters. The van der Waals surface area contributed by atoms with Gasteiger partial charge in [0.2, 0.25) is 0 Å². The zero-order chi connectivity index (χ0) is 35.5. The summed E-state index contributed by atoms with van der Waals surface area (Å²) in [7, 11) is -2.00. The third kappa shape index (κ3) is 5.92. The molecular formula is C42H53FN6OSi. The smallest absolute Gasteiger partial charge is 0.319 e. The molecule has 2 bridgehead atoms. The van der Waals surface area contributed by atoms with E-state index in [0.717, 1.165) is 79.6 Å². The van der Waals surface area contributed by atoms with E-state index >= 15 is 4.39 Å². The topological polar surface area (TPSA) is 66.4 Å². The predicted octanol–water partition coefficient (Wildman–Crippen LogP) is 8.50. The van der Waals surface area contributed by atoms with Crippen LogP contribution in [0.1, 0.15) is 85.6 Å². The Morgan fingerprint density at radius 1 is 0.941 bits per heavy atom. The van der Waals surface area contributed by atoms with E-state index in [1.165, 1.54) is 12.8 Å². The number of nitrogens with zero attached hydrogens (tertiary/aromatic N) is 5. The van der Waals surface area contributed by atoms with Gasteiger partial charge in [0.15, 0.2) is 5.82 Å². The number of hydrogen-bond donors (Lipinski definition) is 1. The minimum atomic E-state index is -2.00. The number of hydrogen-bond acceptors (Lipinski definition) is 7. The fourth-order valence-corrected chi connectivity index (χ4v) is 15.6. The summed E-state index contributed by atoms with van der Waals surface area (Å²) in [4.78, 5) is 19.6. The molecule has 1 N–H and O–H groups in total. The van der Waals surface area contributed by atoms with Crippen molar-refractivity contribution in [3.05, 3.63) is 54.0 Å². The van der Waals surface area contributed by atoms with Gasteiger partial charge in [-0.25, -0.2) is 4.39 Å². The van der Waals surface area contributed by atoms with Crippen LogP contribution in [-0.4, -0.2) is 78.3 Å². The lowest BCUT2D eigenvalue weighted by Gasteiger charge is -2.38. The summed E-state index contributed by atoms with van der Waals surface area (Å²) < 4.78 is 23.8. The van der Waals surface area contributed by atoms with E-state index in [-0.39, 0.29) is 22.8 Å². The van der Waals surface area contributed by atoms with Crippen molar-refractivity contribution in [2.75, 3.05) is 37.7 Å². The molecule has 4 aliphatic rings. The largest absolute Gasteiger partial charge is 0.461 e. The van der Waals surface area contributed by atoms with Crippen LogP contribution in [-0.2, 0) is 0 Å². The first kappa shape index (κ1) is 34.5. The Labute approximate surface area is 303 Å². The summed E-state index contributed by atoms with van der Waals surface area (Å²) in [5.41, 5.74) is 7.69. The van der Waals surface area contributed by atoms with Gasteiger partial charge in [0, 0.05) is 47.9 Å². The van der Waals surface area contributed by atoms with Gasteiger partial charge < -0.3 is 15.0 Å². The Morgan fingerprint density at radius 2 is 1.61 bits per heavy atom. The van der Waals surface area contributed by atoms with Crippen molar-refractivity contribution >= 4 is 35.6 Å². The molecule has 0 saturated carbocycles. The first-order chi connectivity index (χ1) is 24.6. The van der Waals surface area contributed by atoms with Crippen molar-refractivity contribution in [1.82, 2.24) is 25.2 Å². The molecule has 9 heteroatoms. The lowest BCUT2D eigenvalue weighted by atomic mass is 9.95. The highest BCUT2D eigenvalue weighted by molar-refractivity contribution is 6.90. The SMILES string of the molecule is CC(C)[Si](C#Cc1cccc2cccc(-c3ncc4c(N5C[C@H]6CC[C@@H](C5)N6)nc(OCC56CCCN5CCC6)nc4c3F)c12)(C(C)C)C(C)C. The van der Waals surface area contributed by atoms with Crippen LogP contribution in [0.15, 0.2) is 42.6 Å². The summed E-state index contributed by atoms with van der Waals surface area (Å²) in [6.07, 6.45) is 8.69. The molecule has 6 heterocycles. The van der Waals surface area contributed by atoms with E-state index in [1.807, 2.05) is 12.1 Å². The second-order valence-corrected chi connectivity index (χ2v) is 22.2. The molecule has 4 saturated heterocycles. The summed E-state index contributed by atoms with van der Waals surface area (Å²) in [5, 5.41) is 6.31. The van der Waals surface area contributed by atoms with Crippen LogP contribution in [0.4, 0.5) is 10.2 Å². The summed E-state index contributed by atoms with van der Waals surface area (Å²) >= 11 is 0. The molecule has 51 heavy (non-hydrogen) atoms. The van der Waals surface area contributed by atoms with Gasteiger partial charge in [-0.2, -0.15) is 9.97 Å². The maximum atomic E-state index is 17.3. The molecule has 0 radical (unpaired) electrons. The summed E-state index contributed by atoms with van der Waals surface area (Å²) in [6, 6.07) is 13.3. The van der Waals surface area contributed by atoms with E-state index < -0.39 is 13.9 Å². The van der Waals surface area contributed by atoms with E-state index in [9.17, 15) is 0 Å². The zero-order valence-electron chi connectivity index (χ0n) is 31.2. The molecule has 4 fully saturated rings. The number of aromatic nitrogens is 3. The van der Waals surface area contributed by atoms with Gasteiger partial charge in [-0.05, 0) is 79.7 Å². The molecule has 2 aromatic heterocycles. The van der Waals surface area contributed by atoms with Crippen molar-refractivity contribution in [3.63, 3.8) is 0 Å². The molecule has 8 rings (SSSR count). The molecule has 0 aliphatic carbocycles. The summed E-state index contributed by atoms with van der Waals surface area (Å²) in [6.45, 7) is 18.4. The van der Waals surface area contributed by atoms with Crippen LogP contribution >= 0.6 is 0 Å². The van der Waals surface area contributed by atoms with Gasteiger partial charge in [0.25, 0.3) is 0 Å². The molecular weight excluding hydrogens is 652 g/mol. The lowest BCUT2D eigenvalue weighted by molar-refractivity contribution is 0.108. The molecule has 4 aliphatic heterocycles. The number of nitrogens with one attached hydrogen (secondary N) is 1. The maximum absolute atomic E-state index is 17.3.